The van der Waals surface area contributed by atoms with Gasteiger partial charge in [0.05, 0.1) is 4.92 Å². The molecule has 0 unspecified atom stereocenters. The van der Waals surface area contributed by atoms with Crippen LogP contribution in [0.3, 0.4) is 0 Å². The molecular formula is C12H8INO2S. The van der Waals surface area contributed by atoms with Gasteiger partial charge in [0.15, 0.2) is 0 Å². The molecule has 0 aromatic heterocycles. The van der Waals surface area contributed by atoms with Crippen LogP contribution >= 0.6 is 34.4 Å². The van der Waals surface area contributed by atoms with Gasteiger partial charge in [0.2, 0.25) is 0 Å². The lowest BCUT2D eigenvalue weighted by molar-refractivity contribution is -0.384. The van der Waals surface area contributed by atoms with Crippen molar-refractivity contribution in [1.29, 1.82) is 0 Å². The zero-order valence-corrected chi connectivity index (χ0v) is 11.6. The molecule has 0 radical (unpaired) electrons. The van der Waals surface area contributed by atoms with Gasteiger partial charge < -0.3 is 0 Å². The SMILES string of the molecule is O=[N+]([O-])c1ccc(Sc2ccc(I)cc2)cc1. The quantitative estimate of drug-likeness (QED) is 0.466. The molecule has 0 bridgehead atoms. The molecule has 0 aliphatic carbocycles. The van der Waals surface area contributed by atoms with Crippen LogP contribution in [0.5, 0.6) is 0 Å². The van der Waals surface area contributed by atoms with Gasteiger partial charge in [0.1, 0.15) is 0 Å². The highest BCUT2D eigenvalue weighted by Gasteiger charge is 2.04. The van der Waals surface area contributed by atoms with Gasteiger partial charge in [0.25, 0.3) is 5.69 Å². The van der Waals surface area contributed by atoms with Gasteiger partial charge in [-0.3, -0.25) is 10.1 Å². The molecule has 2 aromatic carbocycles. The Hall–Kier alpha value is -1.08. The fourth-order valence-corrected chi connectivity index (χ4v) is 2.45. The van der Waals surface area contributed by atoms with Crippen molar-refractivity contribution >= 4 is 40.0 Å². The second-order valence-corrected chi connectivity index (χ2v) is 5.70. The Bertz CT molecular complexity index is 525. The van der Waals surface area contributed by atoms with Crippen LogP contribution < -0.4 is 0 Å². The van der Waals surface area contributed by atoms with E-state index in [1.807, 2.05) is 24.3 Å². The average Bonchev–Trinajstić information content (AvgIpc) is 2.33. The van der Waals surface area contributed by atoms with Crippen molar-refractivity contribution < 1.29 is 4.92 Å². The van der Waals surface area contributed by atoms with E-state index in [0.29, 0.717) is 0 Å². The minimum Gasteiger partial charge on any atom is -0.258 e. The van der Waals surface area contributed by atoms with Crippen molar-refractivity contribution in [1.82, 2.24) is 0 Å². The van der Waals surface area contributed by atoms with E-state index in [-0.39, 0.29) is 10.6 Å². The molecule has 0 amide bonds. The topological polar surface area (TPSA) is 43.1 Å². The highest BCUT2D eigenvalue weighted by Crippen LogP contribution is 2.29. The van der Waals surface area contributed by atoms with Crippen molar-refractivity contribution in [3.05, 3.63) is 62.2 Å². The van der Waals surface area contributed by atoms with Crippen molar-refractivity contribution in [3.63, 3.8) is 0 Å². The lowest BCUT2D eigenvalue weighted by atomic mass is 10.3. The molecule has 86 valence electrons. The van der Waals surface area contributed by atoms with Crippen LogP contribution in [-0.2, 0) is 0 Å². The first kappa shape index (κ1) is 12.4. The summed E-state index contributed by atoms with van der Waals surface area (Å²) in [6.07, 6.45) is 0. The maximum Gasteiger partial charge on any atom is 0.269 e. The van der Waals surface area contributed by atoms with E-state index >= 15 is 0 Å². The van der Waals surface area contributed by atoms with Crippen LogP contribution in [0.15, 0.2) is 58.3 Å². The van der Waals surface area contributed by atoms with Gasteiger partial charge in [-0.2, -0.15) is 0 Å². The Labute approximate surface area is 117 Å². The summed E-state index contributed by atoms with van der Waals surface area (Å²) in [5.41, 5.74) is 0.122. The molecule has 0 aliphatic heterocycles. The molecule has 0 aliphatic rings. The monoisotopic (exact) mass is 357 g/mol. The first-order chi connectivity index (χ1) is 8.15. The Morgan fingerprint density at radius 3 is 1.88 bits per heavy atom. The third-order valence-corrected chi connectivity index (χ3v) is 3.83. The van der Waals surface area contributed by atoms with Gasteiger partial charge in [-0.15, -0.1) is 0 Å². The molecule has 5 heteroatoms. The van der Waals surface area contributed by atoms with Crippen LogP contribution in [0, 0.1) is 13.7 Å². The highest BCUT2D eigenvalue weighted by molar-refractivity contribution is 14.1. The number of nitro groups is 1. The number of rotatable bonds is 3. The summed E-state index contributed by atoms with van der Waals surface area (Å²) in [4.78, 5) is 12.2. The van der Waals surface area contributed by atoms with Crippen molar-refractivity contribution in [2.75, 3.05) is 0 Å². The Balaban J connectivity index is 2.13. The van der Waals surface area contributed by atoms with Crippen molar-refractivity contribution in [2.45, 2.75) is 9.79 Å². The summed E-state index contributed by atoms with van der Waals surface area (Å²) < 4.78 is 1.19. The summed E-state index contributed by atoms with van der Waals surface area (Å²) in [5, 5.41) is 10.5. The Morgan fingerprint density at radius 1 is 0.941 bits per heavy atom. The Morgan fingerprint density at radius 2 is 1.41 bits per heavy atom. The van der Waals surface area contributed by atoms with E-state index in [9.17, 15) is 10.1 Å². The maximum atomic E-state index is 10.5. The van der Waals surface area contributed by atoms with E-state index in [4.69, 9.17) is 0 Å². The minimum atomic E-state index is -0.390. The van der Waals surface area contributed by atoms with Crippen molar-refractivity contribution in [3.8, 4) is 0 Å². The molecule has 0 atom stereocenters. The van der Waals surface area contributed by atoms with Crippen molar-refractivity contribution in [2.24, 2.45) is 0 Å². The van der Waals surface area contributed by atoms with Gasteiger partial charge in [-0.25, -0.2) is 0 Å². The molecule has 0 spiro atoms. The number of non-ortho nitro benzene ring substituents is 1. The first-order valence-electron chi connectivity index (χ1n) is 4.83. The third kappa shape index (κ3) is 3.44. The average molecular weight is 357 g/mol. The standard InChI is InChI=1S/C12H8INO2S/c13-9-1-5-11(6-2-9)17-12-7-3-10(4-8-12)14(15)16/h1-8H. The first-order valence-corrected chi connectivity index (χ1v) is 6.72. The predicted molar refractivity (Wildman–Crippen MR) is 76.4 cm³/mol. The summed E-state index contributed by atoms with van der Waals surface area (Å²) in [6, 6.07) is 14.7. The van der Waals surface area contributed by atoms with E-state index in [1.54, 1.807) is 23.9 Å². The fraction of sp³-hybridized carbons (Fsp3) is 0. The van der Waals surface area contributed by atoms with Crippen LogP contribution in [0.1, 0.15) is 0 Å². The maximum absolute atomic E-state index is 10.5. The number of hydrogen-bond donors (Lipinski definition) is 0. The molecule has 0 fully saturated rings. The summed E-state index contributed by atoms with van der Waals surface area (Å²) in [7, 11) is 0. The highest BCUT2D eigenvalue weighted by atomic mass is 127. The number of benzene rings is 2. The summed E-state index contributed by atoms with van der Waals surface area (Å²) >= 11 is 3.85. The molecule has 0 saturated carbocycles. The van der Waals surface area contributed by atoms with Crippen LogP contribution in [0.25, 0.3) is 0 Å². The normalized spacial score (nSPS) is 10.2. The minimum absolute atomic E-state index is 0.122. The van der Waals surface area contributed by atoms with Gasteiger partial charge in [0, 0.05) is 25.5 Å². The van der Waals surface area contributed by atoms with Gasteiger partial charge in [-0.05, 0) is 59.0 Å². The number of nitrogens with zero attached hydrogens (tertiary/aromatic N) is 1. The predicted octanol–water partition coefficient (Wildman–Crippen LogP) is 4.35. The third-order valence-electron chi connectivity index (χ3n) is 2.10. The lowest BCUT2D eigenvalue weighted by Gasteiger charge is -2.01. The lowest BCUT2D eigenvalue weighted by Crippen LogP contribution is -1.86. The zero-order chi connectivity index (χ0) is 12.3. The molecule has 0 N–H and O–H groups in total. The van der Waals surface area contributed by atoms with E-state index < -0.39 is 0 Å². The van der Waals surface area contributed by atoms with E-state index in [0.717, 1.165) is 9.79 Å². The second kappa shape index (κ2) is 5.50. The number of halogens is 1. The van der Waals surface area contributed by atoms with Crippen LogP contribution in [-0.4, -0.2) is 4.92 Å². The molecule has 0 saturated heterocycles. The van der Waals surface area contributed by atoms with E-state index in [1.165, 1.54) is 15.7 Å². The molecule has 3 nitrogen and oxygen atoms in total. The number of hydrogen-bond acceptors (Lipinski definition) is 3. The van der Waals surface area contributed by atoms with Gasteiger partial charge in [-0.1, -0.05) is 11.8 Å². The molecule has 2 aromatic rings. The summed E-state index contributed by atoms with van der Waals surface area (Å²) in [5.74, 6) is 0. The largest absolute Gasteiger partial charge is 0.269 e. The zero-order valence-electron chi connectivity index (χ0n) is 8.67. The Kier molecular flexibility index (Phi) is 4.01. The smallest absolute Gasteiger partial charge is 0.258 e. The summed E-state index contributed by atoms with van der Waals surface area (Å²) in [6.45, 7) is 0. The molecule has 17 heavy (non-hydrogen) atoms. The van der Waals surface area contributed by atoms with Gasteiger partial charge >= 0.3 is 0 Å². The fourth-order valence-electron chi connectivity index (χ4n) is 1.27. The molecule has 2 rings (SSSR count). The second-order valence-electron chi connectivity index (χ2n) is 3.31. The molecule has 0 heterocycles. The number of nitro benzene ring substituents is 1. The molecular weight excluding hydrogens is 349 g/mol. The van der Waals surface area contributed by atoms with Crippen LogP contribution in [0.4, 0.5) is 5.69 Å². The van der Waals surface area contributed by atoms with E-state index in [2.05, 4.69) is 22.6 Å². The van der Waals surface area contributed by atoms with Crippen LogP contribution in [0.2, 0.25) is 0 Å².